The fourth-order valence-electron chi connectivity index (χ4n) is 4.13. The zero-order valence-electron chi connectivity index (χ0n) is 23.1. The molecule has 1 aliphatic rings. The standard InChI is InChI=1S/C24H25N5O.2C2HF3O2/c1-30-22-5-2-18(3-6-22)16-28-14-10-20(11-15-28)24-26-23-7-4-21(17-29(23)27-24)19-8-12-25-13-9-19;2*3-2(4,5)1(6)7/h2-9,12-13,17,20H,10-11,14-16H2,1H3;2*(H,6,7). The van der Waals surface area contributed by atoms with E-state index in [0.717, 1.165) is 60.8 Å². The molecule has 0 radical (unpaired) electrons. The summed E-state index contributed by atoms with van der Waals surface area (Å²) in [5.41, 5.74) is 4.48. The van der Waals surface area contributed by atoms with E-state index >= 15 is 0 Å². The van der Waals surface area contributed by atoms with Crippen molar-refractivity contribution in [3.05, 3.63) is 78.5 Å². The van der Waals surface area contributed by atoms with E-state index in [2.05, 4.69) is 34.3 Å². The molecule has 1 aliphatic heterocycles. The summed E-state index contributed by atoms with van der Waals surface area (Å²) in [6.07, 6.45) is -2.31. The lowest BCUT2D eigenvalue weighted by Crippen LogP contribution is -2.32. The Morgan fingerprint density at radius 1 is 0.864 bits per heavy atom. The summed E-state index contributed by atoms with van der Waals surface area (Å²) < 4.78 is 70.6. The number of carboxylic acid groups (broad SMARTS) is 2. The molecule has 1 saturated heterocycles. The molecule has 0 aliphatic carbocycles. The van der Waals surface area contributed by atoms with Gasteiger partial charge < -0.3 is 14.9 Å². The van der Waals surface area contributed by atoms with Crippen molar-refractivity contribution in [1.82, 2.24) is 24.5 Å². The highest BCUT2D eigenvalue weighted by Gasteiger charge is 2.38. The van der Waals surface area contributed by atoms with E-state index in [-0.39, 0.29) is 0 Å². The third-order valence-electron chi connectivity index (χ3n) is 6.36. The predicted molar refractivity (Wildman–Crippen MR) is 144 cm³/mol. The van der Waals surface area contributed by atoms with Crippen molar-refractivity contribution in [2.75, 3.05) is 20.2 Å². The first-order chi connectivity index (χ1) is 20.7. The zero-order valence-corrected chi connectivity index (χ0v) is 23.1. The van der Waals surface area contributed by atoms with Gasteiger partial charge in [-0.2, -0.15) is 31.4 Å². The van der Waals surface area contributed by atoms with Crippen LogP contribution in [0.25, 0.3) is 16.8 Å². The van der Waals surface area contributed by atoms with E-state index in [0.29, 0.717) is 5.92 Å². The number of nitrogens with zero attached hydrogens (tertiary/aromatic N) is 5. The molecule has 236 valence electrons. The molecule has 4 aromatic rings. The van der Waals surface area contributed by atoms with E-state index in [1.165, 1.54) is 5.56 Å². The average Bonchev–Trinajstić information content (AvgIpc) is 3.42. The minimum absolute atomic E-state index is 0.418. The minimum Gasteiger partial charge on any atom is -0.497 e. The molecule has 1 aromatic carbocycles. The van der Waals surface area contributed by atoms with Crippen LogP contribution in [0.2, 0.25) is 0 Å². The number of fused-ring (bicyclic) bond motifs is 1. The number of alkyl halides is 6. The molecule has 16 heteroatoms. The van der Waals surface area contributed by atoms with E-state index < -0.39 is 24.3 Å². The number of likely N-dealkylation sites (tertiary alicyclic amines) is 1. The number of halogens is 6. The van der Waals surface area contributed by atoms with E-state index in [4.69, 9.17) is 34.6 Å². The lowest BCUT2D eigenvalue weighted by molar-refractivity contribution is -0.193. The lowest BCUT2D eigenvalue weighted by atomic mass is 9.96. The van der Waals surface area contributed by atoms with Gasteiger partial charge in [0.2, 0.25) is 0 Å². The molecule has 0 spiro atoms. The van der Waals surface area contributed by atoms with Crippen molar-refractivity contribution in [2.45, 2.75) is 37.7 Å². The summed E-state index contributed by atoms with van der Waals surface area (Å²) in [6.45, 7) is 3.10. The second kappa shape index (κ2) is 14.6. The summed E-state index contributed by atoms with van der Waals surface area (Å²) >= 11 is 0. The third kappa shape index (κ3) is 9.93. The maximum Gasteiger partial charge on any atom is 0.490 e. The van der Waals surface area contributed by atoms with Crippen molar-refractivity contribution in [3.63, 3.8) is 0 Å². The SMILES string of the molecule is COc1ccc(CN2CCC(c3nc4ccc(-c5ccncc5)cn4n3)CC2)cc1.O=C(O)C(F)(F)F.O=C(O)C(F)(F)F. The molecule has 10 nitrogen and oxygen atoms in total. The van der Waals surface area contributed by atoms with Crippen LogP contribution in [0.5, 0.6) is 5.75 Å². The maximum absolute atomic E-state index is 10.6. The number of carboxylic acids is 2. The number of benzene rings is 1. The summed E-state index contributed by atoms with van der Waals surface area (Å²) in [5.74, 6) is -3.23. The normalized spacial score (nSPS) is 14.2. The van der Waals surface area contributed by atoms with Gasteiger partial charge in [0.1, 0.15) is 5.75 Å². The molecule has 4 heterocycles. The molecular formula is C28H27F6N5O5. The fourth-order valence-corrected chi connectivity index (χ4v) is 4.13. The van der Waals surface area contributed by atoms with Crippen LogP contribution in [0.1, 0.15) is 30.1 Å². The van der Waals surface area contributed by atoms with Crippen molar-refractivity contribution in [3.8, 4) is 16.9 Å². The number of hydrogen-bond donors (Lipinski definition) is 2. The molecule has 3 aromatic heterocycles. The van der Waals surface area contributed by atoms with Gasteiger partial charge in [0, 0.05) is 36.6 Å². The van der Waals surface area contributed by atoms with Gasteiger partial charge in [-0.25, -0.2) is 19.1 Å². The van der Waals surface area contributed by atoms with Crippen LogP contribution in [0, 0.1) is 0 Å². The second-order valence-electron chi connectivity index (χ2n) is 9.43. The Labute approximate surface area is 246 Å². The molecule has 2 N–H and O–H groups in total. The first-order valence-corrected chi connectivity index (χ1v) is 12.9. The Kier molecular flexibility index (Phi) is 11.2. The minimum atomic E-state index is -5.08. The average molecular weight is 628 g/mol. The molecule has 0 bridgehead atoms. The van der Waals surface area contributed by atoms with Crippen molar-refractivity contribution in [2.24, 2.45) is 0 Å². The van der Waals surface area contributed by atoms with Crippen LogP contribution in [0.15, 0.2) is 67.1 Å². The zero-order chi connectivity index (χ0) is 32.5. The molecule has 5 rings (SSSR count). The van der Waals surface area contributed by atoms with Gasteiger partial charge >= 0.3 is 24.3 Å². The topological polar surface area (TPSA) is 130 Å². The van der Waals surface area contributed by atoms with Crippen LogP contribution in [-0.2, 0) is 16.1 Å². The van der Waals surface area contributed by atoms with Crippen LogP contribution < -0.4 is 4.74 Å². The summed E-state index contributed by atoms with van der Waals surface area (Å²) in [7, 11) is 1.70. The smallest absolute Gasteiger partial charge is 0.490 e. The van der Waals surface area contributed by atoms with Crippen LogP contribution in [0.4, 0.5) is 26.3 Å². The summed E-state index contributed by atoms with van der Waals surface area (Å²) in [6, 6.07) is 16.5. The number of methoxy groups -OCH3 is 1. The highest BCUT2D eigenvalue weighted by Crippen LogP contribution is 2.28. The van der Waals surface area contributed by atoms with E-state index in [1.807, 2.05) is 47.2 Å². The van der Waals surface area contributed by atoms with Crippen molar-refractivity contribution < 1.29 is 50.9 Å². The number of rotatable bonds is 5. The lowest BCUT2D eigenvalue weighted by Gasteiger charge is -2.30. The molecule has 0 saturated carbocycles. The predicted octanol–water partition coefficient (Wildman–Crippen LogP) is 5.45. The number of carbonyl (C=O) groups is 2. The molecule has 44 heavy (non-hydrogen) atoms. The first-order valence-electron chi connectivity index (χ1n) is 12.9. The van der Waals surface area contributed by atoms with Crippen molar-refractivity contribution in [1.29, 1.82) is 0 Å². The molecule has 0 unspecified atom stereocenters. The second-order valence-corrected chi connectivity index (χ2v) is 9.43. The molecule has 0 atom stereocenters. The monoisotopic (exact) mass is 627 g/mol. The summed E-state index contributed by atoms with van der Waals surface area (Å²) in [4.78, 5) is 29.2. The van der Waals surface area contributed by atoms with Gasteiger partial charge in [-0.1, -0.05) is 12.1 Å². The Morgan fingerprint density at radius 2 is 1.41 bits per heavy atom. The van der Waals surface area contributed by atoms with Gasteiger partial charge in [-0.15, -0.1) is 0 Å². The van der Waals surface area contributed by atoms with Gasteiger partial charge in [-0.05, 0) is 73.5 Å². The number of hydrogen-bond acceptors (Lipinski definition) is 7. The number of aromatic nitrogens is 4. The Bertz CT molecular complexity index is 1500. The van der Waals surface area contributed by atoms with Gasteiger partial charge in [0.05, 0.1) is 7.11 Å². The number of ether oxygens (including phenoxy) is 1. The maximum atomic E-state index is 10.6. The molecule has 1 fully saturated rings. The number of pyridine rings is 2. The first kappa shape index (κ1) is 33.8. The van der Waals surface area contributed by atoms with Gasteiger partial charge in [0.15, 0.2) is 11.5 Å². The van der Waals surface area contributed by atoms with Gasteiger partial charge in [0.25, 0.3) is 0 Å². The number of aliphatic carboxylic acids is 2. The van der Waals surface area contributed by atoms with E-state index in [1.54, 1.807) is 7.11 Å². The molecular weight excluding hydrogens is 600 g/mol. The Balaban J connectivity index is 0.000000317. The van der Waals surface area contributed by atoms with Crippen LogP contribution in [0.3, 0.4) is 0 Å². The Hall–Kier alpha value is -4.73. The van der Waals surface area contributed by atoms with Crippen LogP contribution in [-0.4, -0.2) is 79.2 Å². The largest absolute Gasteiger partial charge is 0.497 e. The fraction of sp³-hybridized carbons (Fsp3) is 0.321. The number of piperidine rings is 1. The Morgan fingerprint density at radius 3 is 1.91 bits per heavy atom. The van der Waals surface area contributed by atoms with E-state index in [9.17, 15) is 26.3 Å². The highest BCUT2D eigenvalue weighted by molar-refractivity contribution is 5.73. The van der Waals surface area contributed by atoms with Crippen molar-refractivity contribution >= 4 is 17.6 Å². The van der Waals surface area contributed by atoms with Crippen LogP contribution >= 0.6 is 0 Å². The van der Waals surface area contributed by atoms with Gasteiger partial charge in [-0.3, -0.25) is 9.88 Å². The quantitative estimate of drug-likeness (QED) is 0.278. The third-order valence-corrected chi connectivity index (χ3v) is 6.36. The summed E-state index contributed by atoms with van der Waals surface area (Å²) in [5, 5.41) is 19.1. The highest BCUT2D eigenvalue weighted by atomic mass is 19.4. The molecule has 0 amide bonds.